The lowest BCUT2D eigenvalue weighted by Gasteiger charge is -2.18. The van der Waals surface area contributed by atoms with Gasteiger partial charge in [0.15, 0.2) is 0 Å². The second-order valence-electron chi connectivity index (χ2n) is 6.76. The molecule has 2 N–H and O–H groups in total. The largest absolute Gasteiger partial charge is 0.496 e. The van der Waals surface area contributed by atoms with Crippen molar-refractivity contribution in [3.63, 3.8) is 0 Å². The lowest BCUT2D eigenvalue weighted by Crippen LogP contribution is -2.32. The zero-order chi connectivity index (χ0) is 21.1. The Labute approximate surface area is 167 Å². The number of anilines is 3. The highest BCUT2D eigenvalue weighted by Crippen LogP contribution is 2.31. The average molecular weight is 398 g/mol. The van der Waals surface area contributed by atoms with Crippen molar-refractivity contribution in [1.29, 1.82) is 0 Å². The Morgan fingerprint density at radius 2 is 2.00 bits per heavy atom. The van der Waals surface area contributed by atoms with Crippen LogP contribution in [0.3, 0.4) is 0 Å². The monoisotopic (exact) mass is 398 g/mol. The molecule has 0 unspecified atom stereocenters. The third-order valence-corrected chi connectivity index (χ3v) is 4.79. The summed E-state index contributed by atoms with van der Waals surface area (Å²) in [5.74, 6) is -0.0824. The fourth-order valence-corrected chi connectivity index (χ4v) is 3.27. The van der Waals surface area contributed by atoms with Crippen LogP contribution in [-0.4, -0.2) is 36.4 Å². The van der Waals surface area contributed by atoms with Crippen LogP contribution in [0.5, 0.6) is 5.75 Å². The molecule has 152 valence electrons. The topological polar surface area (TPSA) is 114 Å². The number of carbonyl (C=O) groups is 2. The first-order valence-electron chi connectivity index (χ1n) is 9.11. The number of ether oxygens (including phenoxy) is 1. The quantitative estimate of drug-likeness (QED) is 0.571. The molecule has 9 heteroatoms. The summed E-state index contributed by atoms with van der Waals surface area (Å²) in [5, 5.41) is 17.0. The highest BCUT2D eigenvalue weighted by atomic mass is 16.6. The van der Waals surface area contributed by atoms with Crippen molar-refractivity contribution in [2.75, 3.05) is 29.2 Å². The van der Waals surface area contributed by atoms with E-state index < -0.39 is 16.9 Å². The number of nitrogens with one attached hydrogen (secondary N) is 2. The van der Waals surface area contributed by atoms with E-state index in [0.29, 0.717) is 12.3 Å². The SMILES string of the molecule is COc1ccc(NC(=O)[C@@H](C)Nc2ccc3c(c2)CCN3C(C)=O)c([N+](=O)[O-])c1. The van der Waals surface area contributed by atoms with Gasteiger partial charge in [0.2, 0.25) is 11.8 Å². The third kappa shape index (κ3) is 4.29. The molecule has 2 aromatic rings. The molecule has 1 aliphatic heterocycles. The van der Waals surface area contributed by atoms with E-state index in [1.54, 1.807) is 24.0 Å². The maximum Gasteiger partial charge on any atom is 0.296 e. The molecule has 0 bridgehead atoms. The number of carbonyl (C=O) groups excluding carboxylic acids is 2. The van der Waals surface area contributed by atoms with Crippen LogP contribution >= 0.6 is 0 Å². The third-order valence-electron chi connectivity index (χ3n) is 4.79. The number of fused-ring (bicyclic) bond motifs is 1. The van der Waals surface area contributed by atoms with E-state index in [-0.39, 0.29) is 17.3 Å². The molecule has 3 rings (SSSR count). The normalized spacial score (nSPS) is 13.4. The number of rotatable bonds is 6. The number of nitro benzene ring substituents is 1. The maximum absolute atomic E-state index is 12.5. The number of methoxy groups -OCH3 is 1. The van der Waals surface area contributed by atoms with Gasteiger partial charge in [-0.3, -0.25) is 19.7 Å². The molecule has 1 heterocycles. The molecule has 0 radical (unpaired) electrons. The first-order valence-corrected chi connectivity index (χ1v) is 9.11. The van der Waals surface area contributed by atoms with E-state index >= 15 is 0 Å². The van der Waals surface area contributed by atoms with Gasteiger partial charge in [-0.15, -0.1) is 0 Å². The Hall–Kier alpha value is -3.62. The van der Waals surface area contributed by atoms with Gasteiger partial charge in [0, 0.05) is 24.8 Å². The van der Waals surface area contributed by atoms with E-state index in [2.05, 4.69) is 10.6 Å². The number of nitrogens with zero attached hydrogens (tertiary/aromatic N) is 2. The molecule has 2 aromatic carbocycles. The van der Waals surface area contributed by atoms with Crippen LogP contribution < -0.4 is 20.3 Å². The number of amides is 2. The fraction of sp³-hybridized carbons (Fsp3) is 0.300. The smallest absolute Gasteiger partial charge is 0.296 e. The summed E-state index contributed by atoms with van der Waals surface area (Å²) in [7, 11) is 1.41. The molecule has 0 aliphatic carbocycles. The van der Waals surface area contributed by atoms with E-state index in [1.165, 1.54) is 26.2 Å². The van der Waals surface area contributed by atoms with Crippen molar-refractivity contribution < 1.29 is 19.2 Å². The van der Waals surface area contributed by atoms with Crippen molar-refractivity contribution in [3.05, 3.63) is 52.1 Å². The van der Waals surface area contributed by atoms with Gasteiger partial charge in [-0.25, -0.2) is 0 Å². The summed E-state index contributed by atoms with van der Waals surface area (Å²) in [4.78, 5) is 36.6. The highest BCUT2D eigenvalue weighted by Gasteiger charge is 2.23. The Morgan fingerprint density at radius 1 is 1.24 bits per heavy atom. The molecule has 1 aliphatic rings. The van der Waals surface area contributed by atoms with Gasteiger partial charge in [0.1, 0.15) is 17.5 Å². The molecule has 29 heavy (non-hydrogen) atoms. The summed E-state index contributed by atoms with van der Waals surface area (Å²) in [6.45, 7) is 3.84. The first kappa shape index (κ1) is 20.1. The molecular formula is C20H22N4O5. The van der Waals surface area contributed by atoms with Gasteiger partial charge in [-0.05, 0) is 49.2 Å². The molecule has 0 fully saturated rings. The molecule has 0 spiro atoms. The number of hydrogen-bond donors (Lipinski definition) is 2. The predicted octanol–water partition coefficient (Wildman–Crippen LogP) is 2.95. The minimum Gasteiger partial charge on any atom is -0.496 e. The van der Waals surface area contributed by atoms with Crippen LogP contribution in [0.15, 0.2) is 36.4 Å². The second-order valence-corrected chi connectivity index (χ2v) is 6.76. The Morgan fingerprint density at radius 3 is 2.66 bits per heavy atom. The van der Waals surface area contributed by atoms with Crippen molar-refractivity contribution >= 4 is 34.6 Å². The molecule has 0 aromatic heterocycles. The summed E-state index contributed by atoms with van der Waals surface area (Å²) >= 11 is 0. The predicted molar refractivity (Wildman–Crippen MR) is 110 cm³/mol. The Balaban J connectivity index is 1.71. The average Bonchev–Trinajstić information content (AvgIpc) is 3.11. The summed E-state index contributed by atoms with van der Waals surface area (Å²) in [6, 6.07) is 9.17. The molecular weight excluding hydrogens is 376 g/mol. The Kier molecular flexibility index (Phi) is 5.67. The summed E-state index contributed by atoms with van der Waals surface area (Å²) < 4.78 is 5.00. The van der Waals surface area contributed by atoms with E-state index in [0.717, 1.165) is 23.4 Å². The summed E-state index contributed by atoms with van der Waals surface area (Å²) in [6.07, 6.45) is 0.753. The lowest BCUT2D eigenvalue weighted by molar-refractivity contribution is -0.384. The van der Waals surface area contributed by atoms with Crippen LogP contribution in [0.4, 0.5) is 22.7 Å². The van der Waals surface area contributed by atoms with Crippen LogP contribution in [0.25, 0.3) is 0 Å². The maximum atomic E-state index is 12.5. The minimum atomic E-state index is -0.639. The van der Waals surface area contributed by atoms with Crippen molar-refractivity contribution in [2.24, 2.45) is 0 Å². The number of hydrogen-bond acceptors (Lipinski definition) is 6. The van der Waals surface area contributed by atoms with Gasteiger partial charge in [-0.2, -0.15) is 0 Å². The molecule has 2 amide bonds. The van der Waals surface area contributed by atoms with Gasteiger partial charge in [0.05, 0.1) is 18.1 Å². The van der Waals surface area contributed by atoms with Crippen LogP contribution in [0.1, 0.15) is 19.4 Å². The van der Waals surface area contributed by atoms with Crippen molar-refractivity contribution in [3.8, 4) is 5.75 Å². The molecule has 0 saturated heterocycles. The first-order chi connectivity index (χ1) is 13.8. The molecule has 0 saturated carbocycles. The van der Waals surface area contributed by atoms with E-state index in [1.807, 2.05) is 12.1 Å². The second kappa shape index (κ2) is 8.17. The Bertz CT molecular complexity index is 975. The van der Waals surface area contributed by atoms with Crippen LogP contribution in [-0.2, 0) is 16.0 Å². The van der Waals surface area contributed by atoms with Gasteiger partial charge >= 0.3 is 0 Å². The zero-order valence-corrected chi connectivity index (χ0v) is 16.4. The van der Waals surface area contributed by atoms with Crippen LogP contribution in [0.2, 0.25) is 0 Å². The van der Waals surface area contributed by atoms with Gasteiger partial charge < -0.3 is 20.3 Å². The molecule has 9 nitrogen and oxygen atoms in total. The minimum absolute atomic E-state index is 0.00158. The standard InChI is InChI=1S/C20H22N4O5/c1-12(20(26)22-17-6-5-16(29-3)11-19(17)24(27)28)21-15-4-7-18-14(10-15)8-9-23(18)13(2)25/h4-7,10-12,21H,8-9H2,1-3H3,(H,22,26)/t12-/m1/s1. The number of benzene rings is 2. The van der Waals surface area contributed by atoms with Crippen molar-refractivity contribution in [1.82, 2.24) is 0 Å². The van der Waals surface area contributed by atoms with Crippen LogP contribution in [0, 0.1) is 10.1 Å². The zero-order valence-electron chi connectivity index (χ0n) is 16.4. The number of nitro groups is 1. The molecule has 1 atom stereocenters. The van der Waals surface area contributed by atoms with E-state index in [4.69, 9.17) is 4.74 Å². The van der Waals surface area contributed by atoms with Crippen molar-refractivity contribution in [2.45, 2.75) is 26.3 Å². The van der Waals surface area contributed by atoms with E-state index in [9.17, 15) is 19.7 Å². The van der Waals surface area contributed by atoms with Gasteiger partial charge in [-0.1, -0.05) is 0 Å². The summed E-state index contributed by atoms with van der Waals surface area (Å²) in [5.41, 5.74) is 2.51. The fourth-order valence-electron chi connectivity index (χ4n) is 3.27. The highest BCUT2D eigenvalue weighted by molar-refractivity contribution is 5.98. The van der Waals surface area contributed by atoms with Gasteiger partial charge in [0.25, 0.3) is 5.69 Å². The lowest BCUT2D eigenvalue weighted by atomic mass is 10.1.